The van der Waals surface area contributed by atoms with Crippen molar-refractivity contribution in [3.8, 4) is 0 Å². The first-order valence-electron chi connectivity index (χ1n) is 13.5. The van der Waals surface area contributed by atoms with Gasteiger partial charge in [-0.15, -0.1) is 0 Å². The molecule has 1 unspecified atom stereocenters. The van der Waals surface area contributed by atoms with Crippen molar-refractivity contribution in [3.63, 3.8) is 0 Å². The molecular formula is C31H48N2O4. The first-order chi connectivity index (χ1) is 17.4. The van der Waals surface area contributed by atoms with E-state index in [-0.39, 0.29) is 0 Å². The highest BCUT2D eigenvalue weighted by atomic mass is 16.4. The summed E-state index contributed by atoms with van der Waals surface area (Å²) in [6, 6.07) is 11.2. The Morgan fingerprint density at radius 2 is 1.27 bits per heavy atom. The molecule has 0 amide bonds. The minimum absolute atomic E-state index is 0.427. The number of unbranched alkanes of at least 4 members (excludes halogenated alkanes) is 1. The first kappa shape index (κ1) is 32.0. The molecule has 0 heterocycles. The van der Waals surface area contributed by atoms with Crippen molar-refractivity contribution < 1.29 is 19.8 Å². The van der Waals surface area contributed by atoms with Crippen molar-refractivity contribution in [3.05, 3.63) is 58.7 Å². The number of aryl methyl sites for hydroxylation is 1. The fourth-order valence-corrected chi connectivity index (χ4v) is 4.21. The highest BCUT2D eigenvalue weighted by Gasteiger charge is 2.16. The smallest absolute Gasteiger partial charge is 0.335 e. The molecule has 2 aromatic carbocycles. The van der Waals surface area contributed by atoms with Crippen LogP contribution in [0.4, 0.5) is 11.4 Å². The van der Waals surface area contributed by atoms with E-state index in [1.807, 2.05) is 62.3 Å². The van der Waals surface area contributed by atoms with Crippen LogP contribution in [0.25, 0.3) is 0 Å². The Balaban J connectivity index is 0.000000375. The van der Waals surface area contributed by atoms with Crippen molar-refractivity contribution in [1.82, 2.24) is 0 Å². The van der Waals surface area contributed by atoms with Crippen LogP contribution in [0.5, 0.6) is 0 Å². The lowest BCUT2D eigenvalue weighted by Crippen LogP contribution is -2.13. The molecule has 6 heteroatoms. The number of carboxylic acid groups (broad SMARTS) is 2. The number of hydrogen-bond donors (Lipinski definition) is 2. The van der Waals surface area contributed by atoms with Crippen LogP contribution in [0.15, 0.2) is 36.4 Å². The number of carbonyl (C=O) groups is 2. The third-order valence-electron chi connectivity index (χ3n) is 6.71. The molecule has 37 heavy (non-hydrogen) atoms. The molecular weight excluding hydrogens is 464 g/mol. The van der Waals surface area contributed by atoms with Crippen molar-refractivity contribution in [2.45, 2.75) is 72.6 Å². The van der Waals surface area contributed by atoms with Gasteiger partial charge in [-0.1, -0.05) is 53.4 Å². The van der Waals surface area contributed by atoms with E-state index in [0.29, 0.717) is 23.0 Å². The van der Waals surface area contributed by atoms with Crippen LogP contribution in [0.3, 0.4) is 0 Å². The standard InChI is InChI=1S/C17H27NO2.C14H21NO2/c1-5-7-8-13(6-2)11-14-12-15(18(3)4)9-10-16(14)17(19)20;1-10(2)5-6-11-9-12(15(3)4)7-8-13(11)14(16)17/h9-10,12-13H,5-8,11H2,1-4H3,(H,19,20);7-10H,5-6H2,1-4H3,(H,16,17). The lowest BCUT2D eigenvalue weighted by atomic mass is 9.89. The van der Waals surface area contributed by atoms with Gasteiger partial charge in [-0.3, -0.25) is 0 Å². The predicted octanol–water partition coefficient (Wildman–Crippen LogP) is 7.25. The number of anilines is 2. The lowest BCUT2D eigenvalue weighted by Gasteiger charge is -2.19. The maximum Gasteiger partial charge on any atom is 0.335 e. The summed E-state index contributed by atoms with van der Waals surface area (Å²) < 4.78 is 0. The molecule has 0 aliphatic rings. The molecule has 0 saturated carbocycles. The summed E-state index contributed by atoms with van der Waals surface area (Å²) in [7, 11) is 7.88. The lowest BCUT2D eigenvalue weighted by molar-refractivity contribution is 0.0684. The van der Waals surface area contributed by atoms with Crippen molar-refractivity contribution in [2.24, 2.45) is 11.8 Å². The second-order valence-corrected chi connectivity index (χ2v) is 10.6. The monoisotopic (exact) mass is 512 g/mol. The molecule has 2 rings (SSSR count). The molecule has 1 atom stereocenters. The number of benzene rings is 2. The summed E-state index contributed by atoms with van der Waals surface area (Å²) >= 11 is 0. The van der Waals surface area contributed by atoms with Gasteiger partial charge < -0.3 is 20.0 Å². The Labute approximate surface area is 224 Å². The SMILES string of the molecule is CC(C)CCc1cc(N(C)C)ccc1C(=O)O.CCCCC(CC)Cc1cc(N(C)C)ccc1C(=O)O. The average Bonchev–Trinajstić information content (AvgIpc) is 2.84. The van der Waals surface area contributed by atoms with Crippen LogP contribution in [0.1, 0.15) is 91.6 Å². The minimum atomic E-state index is -0.839. The summed E-state index contributed by atoms with van der Waals surface area (Å²) in [4.78, 5) is 26.5. The van der Waals surface area contributed by atoms with Crippen LogP contribution in [-0.2, 0) is 12.8 Å². The van der Waals surface area contributed by atoms with Gasteiger partial charge in [0.15, 0.2) is 0 Å². The summed E-state index contributed by atoms with van der Waals surface area (Å²) in [6.07, 6.45) is 7.38. The van der Waals surface area contributed by atoms with E-state index in [1.54, 1.807) is 12.1 Å². The number of nitrogens with zero attached hydrogens (tertiary/aromatic N) is 2. The molecule has 6 nitrogen and oxygen atoms in total. The average molecular weight is 513 g/mol. The van der Waals surface area contributed by atoms with Crippen LogP contribution in [0, 0.1) is 11.8 Å². The Morgan fingerprint density at radius 3 is 1.68 bits per heavy atom. The molecule has 0 fully saturated rings. The van der Waals surface area contributed by atoms with Crippen molar-refractivity contribution in [2.75, 3.05) is 38.0 Å². The minimum Gasteiger partial charge on any atom is -0.478 e. The molecule has 0 saturated heterocycles. The quantitative estimate of drug-likeness (QED) is 0.294. The van der Waals surface area contributed by atoms with Crippen LogP contribution in [-0.4, -0.2) is 50.3 Å². The number of rotatable bonds is 13. The van der Waals surface area contributed by atoms with Gasteiger partial charge in [0.1, 0.15) is 0 Å². The molecule has 0 radical (unpaired) electrons. The van der Waals surface area contributed by atoms with E-state index in [2.05, 4.69) is 27.7 Å². The highest BCUT2D eigenvalue weighted by Crippen LogP contribution is 2.25. The highest BCUT2D eigenvalue weighted by molar-refractivity contribution is 5.90. The van der Waals surface area contributed by atoms with Crippen LogP contribution < -0.4 is 9.80 Å². The first-order valence-corrected chi connectivity index (χ1v) is 13.5. The second-order valence-electron chi connectivity index (χ2n) is 10.6. The predicted molar refractivity (Wildman–Crippen MR) is 156 cm³/mol. The van der Waals surface area contributed by atoms with E-state index in [4.69, 9.17) is 5.11 Å². The van der Waals surface area contributed by atoms with Crippen molar-refractivity contribution in [1.29, 1.82) is 0 Å². The van der Waals surface area contributed by atoms with Gasteiger partial charge in [0.05, 0.1) is 11.1 Å². The molecule has 2 N–H and O–H groups in total. The molecule has 0 aliphatic carbocycles. The fraction of sp³-hybridized carbons (Fsp3) is 0.548. The van der Waals surface area contributed by atoms with Gasteiger partial charge in [-0.05, 0) is 78.6 Å². The Bertz CT molecular complexity index is 999. The number of carboxylic acids is 2. The topological polar surface area (TPSA) is 81.1 Å². The van der Waals surface area contributed by atoms with E-state index in [0.717, 1.165) is 48.2 Å². The van der Waals surface area contributed by atoms with Gasteiger partial charge in [-0.2, -0.15) is 0 Å². The maximum atomic E-state index is 11.4. The molecule has 206 valence electrons. The summed E-state index contributed by atoms with van der Waals surface area (Å²) in [5.74, 6) is -0.505. The van der Waals surface area contributed by atoms with Gasteiger partial charge >= 0.3 is 11.9 Å². The van der Waals surface area contributed by atoms with Gasteiger partial charge in [-0.25, -0.2) is 9.59 Å². The van der Waals surface area contributed by atoms with Crippen LogP contribution >= 0.6 is 0 Å². The second kappa shape index (κ2) is 16.0. The zero-order valence-corrected chi connectivity index (χ0v) is 24.2. The van der Waals surface area contributed by atoms with Crippen molar-refractivity contribution >= 4 is 23.3 Å². The van der Waals surface area contributed by atoms with Gasteiger partial charge in [0.25, 0.3) is 0 Å². The number of aromatic carboxylic acids is 2. The van der Waals surface area contributed by atoms with E-state index >= 15 is 0 Å². The summed E-state index contributed by atoms with van der Waals surface area (Å²) in [6.45, 7) is 8.69. The largest absolute Gasteiger partial charge is 0.478 e. The molecule has 0 aliphatic heterocycles. The third kappa shape index (κ3) is 10.9. The summed E-state index contributed by atoms with van der Waals surface area (Å²) in [5.41, 5.74) is 4.88. The zero-order chi connectivity index (χ0) is 28.1. The molecule has 0 bridgehead atoms. The fourth-order valence-electron chi connectivity index (χ4n) is 4.21. The Kier molecular flexibility index (Phi) is 13.8. The molecule has 0 aromatic heterocycles. The van der Waals surface area contributed by atoms with E-state index in [9.17, 15) is 14.7 Å². The third-order valence-corrected chi connectivity index (χ3v) is 6.71. The van der Waals surface area contributed by atoms with Crippen LogP contribution in [0.2, 0.25) is 0 Å². The Hall–Kier alpha value is -3.02. The van der Waals surface area contributed by atoms with Gasteiger partial charge in [0.2, 0.25) is 0 Å². The van der Waals surface area contributed by atoms with E-state index in [1.165, 1.54) is 19.3 Å². The zero-order valence-electron chi connectivity index (χ0n) is 24.2. The number of hydrogen-bond acceptors (Lipinski definition) is 4. The maximum absolute atomic E-state index is 11.4. The van der Waals surface area contributed by atoms with Gasteiger partial charge in [0, 0.05) is 39.6 Å². The molecule has 0 spiro atoms. The molecule has 2 aromatic rings. The normalized spacial score (nSPS) is 11.5. The Morgan fingerprint density at radius 1 is 0.784 bits per heavy atom. The summed E-state index contributed by atoms with van der Waals surface area (Å²) in [5, 5.41) is 18.5. The van der Waals surface area contributed by atoms with E-state index < -0.39 is 11.9 Å².